The Morgan fingerprint density at radius 1 is 0.326 bits per heavy atom. The summed E-state index contributed by atoms with van der Waals surface area (Å²) in [6.45, 7) is 27.3. The predicted octanol–water partition coefficient (Wildman–Crippen LogP) is 26.3. The number of rotatable bonds is 30. The second-order valence-corrected chi connectivity index (χ2v) is 32.3. The van der Waals surface area contributed by atoms with Gasteiger partial charge in [0.2, 0.25) is 0 Å². The highest BCUT2D eigenvalue weighted by Gasteiger charge is 2.21. The highest BCUT2D eigenvalue weighted by molar-refractivity contribution is 9.29. The van der Waals surface area contributed by atoms with E-state index in [1.54, 1.807) is 47.7 Å². The lowest BCUT2D eigenvalue weighted by Gasteiger charge is -2.18. The Kier molecular flexibility index (Phi) is 48.4. The lowest BCUT2D eigenvalue weighted by atomic mass is 9.98. The predicted molar refractivity (Wildman–Crippen MR) is 433 cm³/mol. The van der Waals surface area contributed by atoms with Crippen molar-refractivity contribution in [1.29, 1.82) is 0 Å². The minimum absolute atomic E-state index is 0.205. The van der Waals surface area contributed by atoms with Gasteiger partial charge in [0.1, 0.15) is 99.5 Å². The van der Waals surface area contributed by atoms with Crippen LogP contribution in [-0.2, 0) is 64.2 Å². The molecule has 0 radical (unpaired) electrons. The molecule has 0 saturated carbocycles. The van der Waals surface area contributed by atoms with Gasteiger partial charge in [0.25, 0.3) is 0 Å². The molecule has 23 heteroatoms. The van der Waals surface area contributed by atoms with E-state index in [9.17, 15) is 0 Å². The highest BCUT2D eigenvalue weighted by atomic mass is 79.9. The topological polar surface area (TPSA) is 92.3 Å². The molecule has 0 fully saturated rings. The van der Waals surface area contributed by atoms with Crippen molar-refractivity contribution in [1.82, 2.24) is 0 Å². The number of halogens is 13. The van der Waals surface area contributed by atoms with Crippen molar-refractivity contribution in [2.24, 2.45) is 0 Å². The fourth-order valence-corrected chi connectivity index (χ4v) is 12.6. The van der Waals surface area contributed by atoms with Gasteiger partial charge in [0.15, 0.2) is 0 Å². The first-order chi connectivity index (χ1) is 45.2. The van der Waals surface area contributed by atoms with Gasteiger partial charge in [-0.15, -0.1) is 0 Å². The summed E-state index contributed by atoms with van der Waals surface area (Å²) in [5.74, 6) is 8.87. The molecule has 0 N–H and O–H groups in total. The van der Waals surface area contributed by atoms with Gasteiger partial charge in [-0.3, -0.25) is 0 Å². The van der Waals surface area contributed by atoms with Crippen LogP contribution in [0.15, 0.2) is 88.8 Å². The minimum Gasteiger partial charge on any atom is -0.496 e. The molecule has 0 spiro atoms. The van der Waals surface area contributed by atoms with Gasteiger partial charge in [-0.1, -0.05) is 127 Å². The Labute approximate surface area is 659 Å². The van der Waals surface area contributed by atoms with Gasteiger partial charge in [0.05, 0.1) is 59.7 Å². The van der Waals surface area contributed by atoms with Crippen LogP contribution in [0.4, 0.5) is 0 Å². The van der Waals surface area contributed by atoms with E-state index in [-0.39, 0.29) is 8.98 Å². The third-order valence-electron chi connectivity index (χ3n) is 14.5. The van der Waals surface area contributed by atoms with Gasteiger partial charge in [-0.25, -0.2) is 0 Å². The van der Waals surface area contributed by atoms with Crippen molar-refractivity contribution in [3.05, 3.63) is 161 Å². The van der Waals surface area contributed by atoms with Crippen LogP contribution >= 0.6 is 185 Å². The third-order valence-corrected chi connectivity index (χ3v) is 19.2. The number of ether oxygens (including phenoxy) is 10. The Morgan fingerprint density at radius 3 is 0.789 bits per heavy atom. The molecule has 5 rings (SSSR count). The smallest absolute Gasteiger partial charge is 0.139 e. The third kappa shape index (κ3) is 29.9. The molecule has 0 aliphatic rings. The molecule has 0 heterocycles. The SMILES string of the molecule is CCc1cc(OCC=C(Br)Br)c(Br)c(CC)c1OC.CCc1cc(OCC=C(Br)Br)c(C)c(CC)c1OC.CCc1cc(OCC=C(Br)Br)c(Cl)c(CC)c1OC.CCc1cc(OCC=C(Cl)Cl)c(Br)c(CC)c1OC.CCc1cc(OCC=C(Cl)Cl)c(C)c(CC)c1OC. The quantitative estimate of drug-likeness (QED) is 0.0443. The molecule has 530 valence electrons. The molecule has 0 saturated heterocycles. The van der Waals surface area contributed by atoms with E-state index in [4.69, 9.17) is 105 Å². The Hall–Kier alpha value is -1.91. The maximum atomic E-state index is 6.39. The molecule has 0 aliphatic heterocycles. The van der Waals surface area contributed by atoms with Gasteiger partial charge in [-0.2, -0.15) is 0 Å². The summed E-state index contributed by atoms with van der Waals surface area (Å²) in [6, 6.07) is 10.1. The van der Waals surface area contributed by atoms with Gasteiger partial charge >= 0.3 is 0 Å². The summed E-state index contributed by atoms with van der Waals surface area (Å²) in [7, 11) is 8.53. The van der Waals surface area contributed by atoms with Gasteiger partial charge in [-0.05, 0) is 305 Å². The standard InChI is InChI=1S/C15H20Br2O2.C15H20Cl2O2.C14H17Br3O2.C14H17Br2ClO2.C14H17BrCl2O2/c2*1-5-11-9-13(19-8-7-14(16)17)10(3)12(6-2)15(11)18-4;2*1-4-9-8-11(19-7-6-12(15)16)13(17)10(5-2)14(9)18-3;1-4-9-8-11(19-7-6-12(16)17)13(15)10(5-2)14(9)18-3/h2*7,9H,5-6,8H2,1-4H3;3*6,8H,4-5,7H2,1-3H3. The number of hydrogen-bond donors (Lipinski definition) is 0. The van der Waals surface area contributed by atoms with Crippen molar-refractivity contribution < 1.29 is 47.4 Å². The van der Waals surface area contributed by atoms with Crippen LogP contribution in [0, 0.1) is 13.8 Å². The molecule has 0 unspecified atom stereocenters. The molecule has 0 amide bonds. The van der Waals surface area contributed by atoms with E-state index >= 15 is 0 Å². The Morgan fingerprint density at radius 2 is 0.547 bits per heavy atom. The van der Waals surface area contributed by atoms with E-state index in [0.717, 1.165) is 180 Å². The maximum Gasteiger partial charge on any atom is 0.139 e. The zero-order chi connectivity index (χ0) is 72.1. The summed E-state index contributed by atoms with van der Waals surface area (Å²) in [5, 5.41) is 0.635. The normalized spacial score (nSPS) is 10.2. The van der Waals surface area contributed by atoms with E-state index in [0.29, 0.717) is 43.8 Å². The molecular formula is C72H91Br8Cl5O10. The van der Waals surface area contributed by atoms with Crippen LogP contribution in [0.3, 0.4) is 0 Å². The molecule has 10 nitrogen and oxygen atoms in total. The Bertz CT molecular complexity index is 2850. The highest BCUT2D eigenvalue weighted by Crippen LogP contribution is 2.43. The van der Waals surface area contributed by atoms with E-state index in [1.165, 1.54) is 22.3 Å². The molecule has 0 bridgehead atoms. The molecule has 0 aromatic heterocycles. The molecule has 5 aromatic carbocycles. The molecular weight excluding hydrogens is 1840 g/mol. The van der Waals surface area contributed by atoms with Crippen molar-refractivity contribution in [3.8, 4) is 57.5 Å². The van der Waals surface area contributed by atoms with Crippen LogP contribution in [-0.4, -0.2) is 68.6 Å². The number of methoxy groups -OCH3 is 5. The van der Waals surface area contributed by atoms with Crippen LogP contribution < -0.4 is 47.4 Å². The molecule has 0 atom stereocenters. The van der Waals surface area contributed by atoms with E-state index < -0.39 is 0 Å². The van der Waals surface area contributed by atoms with Gasteiger partial charge in [0, 0.05) is 27.8 Å². The van der Waals surface area contributed by atoms with Crippen molar-refractivity contribution in [2.75, 3.05) is 68.6 Å². The summed E-state index contributed by atoms with van der Waals surface area (Å²) >= 11 is 55.7. The summed E-state index contributed by atoms with van der Waals surface area (Å²) in [6.07, 6.45) is 17.9. The van der Waals surface area contributed by atoms with Crippen molar-refractivity contribution in [2.45, 2.75) is 147 Å². The zero-order valence-corrected chi connectivity index (χ0v) is 73.8. The lowest BCUT2D eigenvalue weighted by molar-refractivity contribution is 0.355. The Balaban J connectivity index is 0.000000594. The monoisotopic (exact) mass is 1920 g/mol. The fraction of sp³-hybridized carbons (Fsp3) is 0.444. The first-order valence-electron chi connectivity index (χ1n) is 31.0. The van der Waals surface area contributed by atoms with Crippen LogP contribution in [0.25, 0.3) is 0 Å². The van der Waals surface area contributed by atoms with Crippen molar-refractivity contribution in [3.63, 3.8) is 0 Å². The maximum absolute atomic E-state index is 6.39. The first-order valence-corrected chi connectivity index (χ1v) is 39.2. The van der Waals surface area contributed by atoms with Gasteiger partial charge < -0.3 is 47.4 Å². The molecule has 0 aliphatic carbocycles. The second-order valence-electron chi connectivity index (χ2n) is 20.0. The lowest BCUT2D eigenvalue weighted by Crippen LogP contribution is -2.03. The number of benzene rings is 5. The minimum atomic E-state index is 0.205. The number of aryl methyl sites for hydroxylation is 5. The average Bonchev–Trinajstić information content (AvgIpc) is 0.874. The van der Waals surface area contributed by atoms with Crippen LogP contribution in [0.5, 0.6) is 57.5 Å². The van der Waals surface area contributed by atoms with Crippen molar-refractivity contribution >= 4 is 185 Å². The summed E-state index contributed by atoms with van der Waals surface area (Å²) in [5.41, 5.74) is 13.7. The second kappa shape index (κ2) is 50.4. The molecule has 95 heavy (non-hydrogen) atoms. The molecule has 5 aromatic rings. The largest absolute Gasteiger partial charge is 0.496 e. The van der Waals surface area contributed by atoms with E-state index in [1.807, 2.05) is 49.4 Å². The fourth-order valence-electron chi connectivity index (χ4n) is 9.85. The summed E-state index contributed by atoms with van der Waals surface area (Å²) in [4.78, 5) is 0. The number of hydrogen-bond acceptors (Lipinski definition) is 10. The van der Waals surface area contributed by atoms with E-state index in [2.05, 4.69) is 210 Å². The first kappa shape index (κ1) is 91.1. The van der Waals surface area contributed by atoms with Crippen LogP contribution in [0.2, 0.25) is 5.02 Å². The zero-order valence-electron chi connectivity index (χ0n) is 57.4. The van der Waals surface area contributed by atoms with Crippen LogP contribution in [0.1, 0.15) is 136 Å². The average molecular weight is 1930 g/mol. The summed E-state index contributed by atoms with van der Waals surface area (Å²) < 4.78 is 61.3.